The van der Waals surface area contributed by atoms with Crippen LogP contribution in [0.4, 0.5) is 5.69 Å². The Labute approximate surface area is 101 Å². The van der Waals surface area contributed by atoms with Crippen molar-refractivity contribution in [3.05, 3.63) is 39.6 Å². The van der Waals surface area contributed by atoms with Gasteiger partial charge in [-0.1, -0.05) is 6.07 Å². The molecule has 0 aromatic heterocycles. The number of rotatable bonds is 2. The molecular formula is C11H9NO6. The van der Waals surface area contributed by atoms with E-state index in [4.69, 9.17) is 4.74 Å². The smallest absolute Gasteiger partial charge is 0.342 e. The lowest BCUT2D eigenvalue weighted by Gasteiger charge is -2.19. The lowest BCUT2D eigenvalue weighted by atomic mass is 10.0. The van der Waals surface area contributed by atoms with Crippen molar-refractivity contribution in [3.8, 4) is 5.75 Å². The number of nitro benzene ring substituents is 1. The fourth-order valence-electron chi connectivity index (χ4n) is 1.72. The van der Waals surface area contributed by atoms with Gasteiger partial charge in [-0.05, 0) is 6.07 Å². The van der Waals surface area contributed by atoms with Gasteiger partial charge < -0.3 is 14.6 Å². The van der Waals surface area contributed by atoms with E-state index in [0.29, 0.717) is 0 Å². The van der Waals surface area contributed by atoms with Gasteiger partial charge in [-0.15, -0.1) is 0 Å². The molecule has 1 aliphatic heterocycles. The van der Waals surface area contributed by atoms with E-state index < -0.39 is 10.9 Å². The molecule has 1 N–H and O–H groups in total. The van der Waals surface area contributed by atoms with Crippen LogP contribution in [0.1, 0.15) is 5.56 Å². The number of hydrogen-bond acceptors (Lipinski definition) is 6. The van der Waals surface area contributed by atoms with E-state index in [1.54, 1.807) is 0 Å². The third kappa shape index (κ3) is 1.75. The molecule has 0 bridgehead atoms. The van der Waals surface area contributed by atoms with Crippen LogP contribution < -0.4 is 4.74 Å². The highest BCUT2D eigenvalue weighted by atomic mass is 16.6. The van der Waals surface area contributed by atoms with Crippen molar-refractivity contribution < 1.29 is 24.3 Å². The third-order valence-electron chi connectivity index (χ3n) is 2.49. The van der Waals surface area contributed by atoms with Gasteiger partial charge in [-0.3, -0.25) is 10.1 Å². The van der Waals surface area contributed by atoms with Crippen LogP contribution in [0.3, 0.4) is 0 Å². The Bertz CT molecular complexity index is 563. The molecule has 7 nitrogen and oxygen atoms in total. The maximum absolute atomic E-state index is 11.6. The second kappa shape index (κ2) is 4.36. The summed E-state index contributed by atoms with van der Waals surface area (Å²) < 4.78 is 9.63. The quantitative estimate of drug-likeness (QED) is 0.485. The fraction of sp³-hybridized carbons (Fsp3) is 0.182. The van der Waals surface area contributed by atoms with Gasteiger partial charge in [-0.25, -0.2) is 4.79 Å². The first-order valence-electron chi connectivity index (χ1n) is 4.97. The van der Waals surface area contributed by atoms with Crippen molar-refractivity contribution in [2.45, 2.75) is 0 Å². The summed E-state index contributed by atoms with van der Waals surface area (Å²) in [6.07, 6.45) is 0. The largest absolute Gasteiger partial charge is 0.508 e. The van der Waals surface area contributed by atoms with E-state index in [1.807, 2.05) is 0 Å². The molecule has 1 aromatic carbocycles. The molecule has 0 unspecified atom stereocenters. The van der Waals surface area contributed by atoms with E-state index >= 15 is 0 Å². The van der Waals surface area contributed by atoms with Gasteiger partial charge in [0.2, 0.25) is 5.75 Å². The maximum Gasteiger partial charge on any atom is 0.342 e. The van der Waals surface area contributed by atoms with Gasteiger partial charge >= 0.3 is 11.7 Å². The van der Waals surface area contributed by atoms with Crippen molar-refractivity contribution in [3.63, 3.8) is 0 Å². The summed E-state index contributed by atoms with van der Waals surface area (Å²) in [6, 6.07) is 4.11. The molecule has 0 atom stereocenters. The number of nitrogens with zero attached hydrogens (tertiary/aromatic N) is 1. The number of methoxy groups -OCH3 is 1. The van der Waals surface area contributed by atoms with Crippen molar-refractivity contribution in [1.29, 1.82) is 0 Å². The first-order valence-corrected chi connectivity index (χ1v) is 4.97. The van der Waals surface area contributed by atoms with Crippen LogP contribution in [0.25, 0.3) is 5.57 Å². The molecule has 94 valence electrons. The maximum atomic E-state index is 11.6. The van der Waals surface area contributed by atoms with Crippen LogP contribution in [0.15, 0.2) is 24.0 Å². The number of carbonyl (C=O) groups excluding carboxylic acids is 1. The van der Waals surface area contributed by atoms with E-state index in [1.165, 1.54) is 18.2 Å². The molecular weight excluding hydrogens is 242 g/mol. The van der Waals surface area contributed by atoms with Crippen LogP contribution in [0.5, 0.6) is 5.75 Å². The summed E-state index contributed by atoms with van der Waals surface area (Å²) in [6.45, 7) is -0.303. The van der Waals surface area contributed by atoms with E-state index in [2.05, 4.69) is 4.74 Å². The molecule has 18 heavy (non-hydrogen) atoms. The summed E-state index contributed by atoms with van der Waals surface area (Å²) in [7, 11) is 1.16. The highest BCUT2D eigenvalue weighted by Gasteiger charge is 2.31. The van der Waals surface area contributed by atoms with Crippen LogP contribution in [-0.4, -0.2) is 29.7 Å². The molecule has 0 saturated carbocycles. The van der Waals surface area contributed by atoms with Gasteiger partial charge in [0, 0.05) is 11.6 Å². The molecule has 1 aliphatic rings. The predicted octanol–water partition coefficient (Wildman–Crippen LogP) is 1.43. The predicted molar refractivity (Wildman–Crippen MR) is 60.2 cm³/mol. The highest BCUT2D eigenvalue weighted by Crippen LogP contribution is 2.39. The van der Waals surface area contributed by atoms with E-state index in [9.17, 15) is 20.0 Å². The molecule has 1 heterocycles. The van der Waals surface area contributed by atoms with Crippen molar-refractivity contribution >= 4 is 17.2 Å². The molecule has 0 spiro atoms. The standard InChI is InChI=1S/C11H9NO6/c1-17-11(14)9-6-3-2-4-7(12(15)16)10(6)18-5-8(9)13/h2-4,13H,5H2,1H3. The minimum absolute atomic E-state index is 0.0410. The number of para-hydroxylation sites is 1. The number of esters is 1. The number of ether oxygens (including phenoxy) is 2. The van der Waals surface area contributed by atoms with Gasteiger partial charge in [0.05, 0.1) is 12.0 Å². The number of aliphatic hydroxyl groups excluding tert-OH is 1. The summed E-state index contributed by atoms with van der Waals surface area (Å²) in [5.74, 6) is -1.12. The molecule has 0 radical (unpaired) electrons. The average Bonchev–Trinajstić information content (AvgIpc) is 2.36. The summed E-state index contributed by atoms with van der Waals surface area (Å²) >= 11 is 0. The first kappa shape index (κ1) is 11.9. The van der Waals surface area contributed by atoms with Gasteiger partial charge in [0.25, 0.3) is 0 Å². The monoisotopic (exact) mass is 251 g/mol. The Morgan fingerprint density at radius 1 is 1.56 bits per heavy atom. The number of fused-ring (bicyclic) bond motifs is 1. The van der Waals surface area contributed by atoms with Crippen LogP contribution >= 0.6 is 0 Å². The van der Waals surface area contributed by atoms with Crippen LogP contribution in [0, 0.1) is 10.1 Å². The molecule has 0 aliphatic carbocycles. The topological polar surface area (TPSA) is 98.9 Å². The normalized spacial score (nSPS) is 13.6. The number of aliphatic hydroxyl groups is 1. The first-order chi connectivity index (χ1) is 8.56. The Morgan fingerprint density at radius 3 is 2.89 bits per heavy atom. The molecule has 2 rings (SSSR count). The third-order valence-corrected chi connectivity index (χ3v) is 2.49. The summed E-state index contributed by atoms with van der Waals surface area (Å²) in [5.41, 5.74) is -0.219. The van der Waals surface area contributed by atoms with E-state index in [0.717, 1.165) is 7.11 Å². The molecule has 0 saturated heterocycles. The minimum atomic E-state index is -0.766. The highest BCUT2D eigenvalue weighted by molar-refractivity contribution is 6.18. The summed E-state index contributed by atoms with van der Waals surface area (Å²) in [4.78, 5) is 21.8. The lowest BCUT2D eigenvalue weighted by Crippen LogP contribution is -2.17. The summed E-state index contributed by atoms with van der Waals surface area (Å²) in [5, 5.41) is 20.5. The minimum Gasteiger partial charge on any atom is -0.508 e. The van der Waals surface area contributed by atoms with Gasteiger partial charge in [-0.2, -0.15) is 0 Å². The number of hydrogen-bond donors (Lipinski definition) is 1. The Kier molecular flexibility index (Phi) is 2.88. The Hall–Kier alpha value is -2.57. The fourth-order valence-corrected chi connectivity index (χ4v) is 1.72. The molecule has 7 heteroatoms. The number of benzene rings is 1. The zero-order chi connectivity index (χ0) is 13.3. The van der Waals surface area contributed by atoms with Crippen LogP contribution in [0.2, 0.25) is 0 Å². The van der Waals surface area contributed by atoms with E-state index in [-0.39, 0.29) is 34.9 Å². The zero-order valence-corrected chi connectivity index (χ0v) is 9.37. The molecule has 0 fully saturated rings. The Balaban J connectivity index is 2.65. The molecule has 0 amide bonds. The number of nitro groups is 1. The average molecular weight is 251 g/mol. The SMILES string of the molecule is COC(=O)C1=C(O)COc2c1cccc2[N+](=O)[O-]. The van der Waals surface area contributed by atoms with Crippen molar-refractivity contribution in [1.82, 2.24) is 0 Å². The zero-order valence-electron chi connectivity index (χ0n) is 9.37. The van der Waals surface area contributed by atoms with Gasteiger partial charge in [0.15, 0.2) is 0 Å². The van der Waals surface area contributed by atoms with Gasteiger partial charge in [0.1, 0.15) is 17.9 Å². The van der Waals surface area contributed by atoms with Crippen molar-refractivity contribution in [2.24, 2.45) is 0 Å². The lowest BCUT2D eigenvalue weighted by molar-refractivity contribution is -0.385. The van der Waals surface area contributed by atoms with Crippen molar-refractivity contribution in [2.75, 3.05) is 13.7 Å². The molecule has 1 aromatic rings. The second-order valence-electron chi connectivity index (χ2n) is 3.51. The second-order valence-corrected chi connectivity index (χ2v) is 3.51. The van der Waals surface area contributed by atoms with Crippen LogP contribution in [-0.2, 0) is 9.53 Å². The Morgan fingerprint density at radius 2 is 2.28 bits per heavy atom. The number of carbonyl (C=O) groups is 1.